The summed E-state index contributed by atoms with van der Waals surface area (Å²) in [6.45, 7) is 4.13. The lowest BCUT2D eigenvalue weighted by Gasteiger charge is -2.15. The first kappa shape index (κ1) is 48.3. The van der Waals surface area contributed by atoms with Crippen molar-refractivity contribution in [1.29, 1.82) is 0 Å². The number of hydrogen-bond acceptors (Lipinski definition) is 3. The zero-order chi connectivity index (χ0) is 38.7. The van der Waals surface area contributed by atoms with E-state index in [2.05, 4.69) is 146 Å². The number of aliphatic carboxylic acids is 1. The smallest absolute Gasteiger partial charge is 0.328 e. The molecule has 0 aromatic rings. The monoisotopic (exact) mass is 725 g/mol. The molecule has 0 aromatic carbocycles. The van der Waals surface area contributed by atoms with E-state index in [0.29, 0.717) is 12.8 Å². The third-order valence-electron chi connectivity index (χ3n) is 7.41. The van der Waals surface area contributed by atoms with Crippen molar-refractivity contribution in [3.63, 3.8) is 0 Å². The number of allylic oxidation sites excluding steroid dienone is 24. The molecule has 0 radical (unpaired) electrons. The zero-order valence-electron chi connectivity index (χ0n) is 32.6. The zero-order valence-corrected chi connectivity index (χ0v) is 32.6. The number of carbonyl (C=O) groups is 3. The standard InChI is InChI=1S/C47H68N2O4/c1-3-5-7-9-11-13-15-17-19-21-23-25-27-29-31-33-35-37-39-41-45(50)48-43-44(47(52)53)49-46(51)42-40-38-36-34-32-30-28-26-24-22-20-18-16-14-12-10-8-6-4-2/h5-8,11-14,17-20,23-26,29-32,35-38,44H,3-4,9-10,15-16,21-22,27-28,33-34,39-43H2,1-2H3,(H,48,50)(H,49,51)(H,52,53)/b7-5-,8-6-,13-11-,14-12-,19-17-,20-18-,25-23-,26-24-,31-29-,32-30-,37-35-,38-36-/t44-/m0/s1. The lowest BCUT2D eigenvalue weighted by molar-refractivity contribution is -0.141. The Morgan fingerprint density at radius 1 is 0.415 bits per heavy atom. The molecule has 0 heterocycles. The van der Waals surface area contributed by atoms with Gasteiger partial charge in [0.1, 0.15) is 6.04 Å². The summed E-state index contributed by atoms with van der Waals surface area (Å²) < 4.78 is 0. The molecule has 0 aliphatic rings. The van der Waals surface area contributed by atoms with Crippen molar-refractivity contribution < 1.29 is 19.5 Å². The number of amides is 2. The van der Waals surface area contributed by atoms with E-state index in [0.717, 1.165) is 77.0 Å². The third-order valence-corrected chi connectivity index (χ3v) is 7.41. The van der Waals surface area contributed by atoms with Gasteiger partial charge in [0.2, 0.25) is 11.8 Å². The van der Waals surface area contributed by atoms with Gasteiger partial charge < -0.3 is 15.7 Å². The molecule has 0 saturated heterocycles. The molecule has 53 heavy (non-hydrogen) atoms. The SMILES string of the molecule is CC/C=C\C/C=C\C/C=C\C/C=C\C/C=C\C/C=C\CCC(=O)NC[C@H](NC(=O)CC/C=C\C/C=C\C/C=C\C/C=C\C/C=C\C/C=C\CC)C(=O)O. The van der Waals surface area contributed by atoms with Crippen molar-refractivity contribution in [3.8, 4) is 0 Å². The number of rotatable bonds is 32. The van der Waals surface area contributed by atoms with E-state index in [1.165, 1.54) is 0 Å². The van der Waals surface area contributed by atoms with Crippen LogP contribution in [0.25, 0.3) is 0 Å². The summed E-state index contributed by atoms with van der Waals surface area (Å²) in [7, 11) is 0. The molecule has 0 rings (SSSR count). The minimum Gasteiger partial charge on any atom is -0.480 e. The summed E-state index contributed by atoms with van der Waals surface area (Å²) in [5.74, 6) is -1.78. The number of carbonyl (C=O) groups excluding carboxylic acids is 2. The summed E-state index contributed by atoms with van der Waals surface area (Å²) in [6.07, 6.45) is 64.0. The molecule has 290 valence electrons. The molecule has 0 spiro atoms. The van der Waals surface area contributed by atoms with Crippen LogP contribution in [0.3, 0.4) is 0 Å². The van der Waals surface area contributed by atoms with Crippen molar-refractivity contribution in [3.05, 3.63) is 146 Å². The van der Waals surface area contributed by atoms with Crippen molar-refractivity contribution in [2.24, 2.45) is 0 Å². The van der Waals surface area contributed by atoms with Crippen LogP contribution in [0.2, 0.25) is 0 Å². The van der Waals surface area contributed by atoms with E-state index in [-0.39, 0.29) is 31.2 Å². The maximum atomic E-state index is 12.3. The number of carboxylic acid groups (broad SMARTS) is 1. The molecule has 0 saturated carbocycles. The maximum absolute atomic E-state index is 12.3. The highest BCUT2D eigenvalue weighted by Gasteiger charge is 2.20. The predicted molar refractivity (Wildman–Crippen MR) is 227 cm³/mol. The highest BCUT2D eigenvalue weighted by atomic mass is 16.4. The van der Waals surface area contributed by atoms with Crippen LogP contribution >= 0.6 is 0 Å². The fraction of sp³-hybridized carbons (Fsp3) is 0.426. The van der Waals surface area contributed by atoms with Gasteiger partial charge in [-0.25, -0.2) is 4.79 Å². The molecular weight excluding hydrogens is 657 g/mol. The van der Waals surface area contributed by atoms with Crippen molar-refractivity contribution >= 4 is 17.8 Å². The number of hydrogen-bond donors (Lipinski definition) is 3. The van der Waals surface area contributed by atoms with E-state index in [9.17, 15) is 19.5 Å². The fourth-order valence-corrected chi connectivity index (χ4v) is 4.48. The van der Waals surface area contributed by atoms with Crippen LogP contribution in [0.5, 0.6) is 0 Å². The van der Waals surface area contributed by atoms with Gasteiger partial charge in [0.25, 0.3) is 0 Å². The van der Waals surface area contributed by atoms with Gasteiger partial charge in [0, 0.05) is 19.4 Å². The Kier molecular flexibility index (Phi) is 36.5. The minimum atomic E-state index is -1.18. The van der Waals surface area contributed by atoms with E-state index in [1.807, 2.05) is 24.3 Å². The average molecular weight is 725 g/mol. The van der Waals surface area contributed by atoms with Gasteiger partial charge in [0.05, 0.1) is 0 Å². The molecule has 3 N–H and O–H groups in total. The molecule has 0 fully saturated rings. The predicted octanol–water partition coefficient (Wildman–Crippen LogP) is 11.6. The van der Waals surface area contributed by atoms with E-state index in [4.69, 9.17) is 0 Å². The van der Waals surface area contributed by atoms with E-state index in [1.54, 1.807) is 0 Å². The first-order chi connectivity index (χ1) is 26.0. The lowest BCUT2D eigenvalue weighted by Crippen LogP contribution is -2.48. The van der Waals surface area contributed by atoms with Crippen molar-refractivity contribution in [2.75, 3.05) is 6.54 Å². The summed E-state index contributed by atoms with van der Waals surface area (Å²) >= 11 is 0. The Balaban J connectivity index is 3.99. The van der Waals surface area contributed by atoms with Crippen LogP contribution in [-0.2, 0) is 14.4 Å². The second-order valence-electron chi connectivity index (χ2n) is 12.2. The lowest BCUT2D eigenvalue weighted by atomic mass is 10.2. The van der Waals surface area contributed by atoms with Gasteiger partial charge in [0.15, 0.2) is 0 Å². The molecule has 2 amide bonds. The Morgan fingerprint density at radius 2 is 0.679 bits per heavy atom. The fourth-order valence-electron chi connectivity index (χ4n) is 4.48. The first-order valence-corrected chi connectivity index (χ1v) is 19.6. The van der Waals surface area contributed by atoms with Crippen molar-refractivity contribution in [2.45, 2.75) is 123 Å². The van der Waals surface area contributed by atoms with E-state index < -0.39 is 12.0 Å². The first-order valence-electron chi connectivity index (χ1n) is 19.6. The second kappa shape index (κ2) is 40.1. The molecule has 6 nitrogen and oxygen atoms in total. The number of carboxylic acids is 1. The topological polar surface area (TPSA) is 95.5 Å². The van der Waals surface area contributed by atoms with Crippen LogP contribution in [0, 0.1) is 0 Å². The van der Waals surface area contributed by atoms with Gasteiger partial charge in [-0.15, -0.1) is 0 Å². The highest BCUT2D eigenvalue weighted by molar-refractivity contribution is 5.84. The van der Waals surface area contributed by atoms with Crippen LogP contribution in [-0.4, -0.2) is 35.5 Å². The van der Waals surface area contributed by atoms with Crippen LogP contribution in [0.4, 0.5) is 0 Å². The molecule has 6 heteroatoms. The highest BCUT2D eigenvalue weighted by Crippen LogP contribution is 2.00. The van der Waals surface area contributed by atoms with Crippen LogP contribution in [0.15, 0.2) is 146 Å². The average Bonchev–Trinajstić information content (AvgIpc) is 3.15. The summed E-state index contributed by atoms with van der Waals surface area (Å²) in [5.41, 5.74) is 0. The van der Waals surface area contributed by atoms with E-state index >= 15 is 0 Å². The summed E-state index contributed by atoms with van der Waals surface area (Å²) in [6, 6.07) is -1.16. The number of nitrogens with one attached hydrogen (secondary N) is 2. The largest absolute Gasteiger partial charge is 0.480 e. The Morgan fingerprint density at radius 3 is 0.962 bits per heavy atom. The maximum Gasteiger partial charge on any atom is 0.328 e. The van der Waals surface area contributed by atoms with Crippen LogP contribution < -0.4 is 10.6 Å². The van der Waals surface area contributed by atoms with Gasteiger partial charge in [-0.2, -0.15) is 0 Å². The van der Waals surface area contributed by atoms with Gasteiger partial charge in [-0.1, -0.05) is 160 Å². The van der Waals surface area contributed by atoms with Gasteiger partial charge >= 0.3 is 5.97 Å². The van der Waals surface area contributed by atoms with Crippen molar-refractivity contribution in [1.82, 2.24) is 10.6 Å². The Hall–Kier alpha value is -4.71. The quantitative estimate of drug-likeness (QED) is 0.0602. The van der Waals surface area contributed by atoms with Gasteiger partial charge in [-0.05, 0) is 89.9 Å². The molecule has 1 atom stereocenters. The molecular formula is C47H68N2O4. The minimum absolute atomic E-state index is 0.149. The summed E-state index contributed by atoms with van der Waals surface area (Å²) in [5, 5.41) is 14.6. The molecule has 0 aliphatic carbocycles. The Labute approximate surface area is 322 Å². The molecule has 0 aliphatic heterocycles. The normalized spacial score (nSPS) is 13.7. The molecule has 0 bridgehead atoms. The molecule has 0 unspecified atom stereocenters. The summed E-state index contributed by atoms with van der Waals surface area (Å²) in [4.78, 5) is 36.1. The van der Waals surface area contributed by atoms with Gasteiger partial charge in [-0.3, -0.25) is 9.59 Å². The van der Waals surface area contributed by atoms with Crippen LogP contribution in [0.1, 0.15) is 117 Å². The second-order valence-corrected chi connectivity index (χ2v) is 12.2. The third kappa shape index (κ3) is 38.4. The molecule has 0 aromatic heterocycles. The Bertz CT molecular complexity index is 1300.